The normalized spacial score (nSPS) is 21.8. The summed E-state index contributed by atoms with van der Waals surface area (Å²) >= 11 is 5.90. The van der Waals surface area contributed by atoms with Gasteiger partial charge in [0.05, 0.1) is 17.3 Å². The number of nitrogens with one attached hydrogen (secondary N) is 1. The summed E-state index contributed by atoms with van der Waals surface area (Å²) in [5, 5.41) is 2.91. The van der Waals surface area contributed by atoms with Gasteiger partial charge in [0.1, 0.15) is 5.82 Å². The molecule has 1 aromatic rings. The molecule has 2 unspecified atom stereocenters. The molecule has 3 N–H and O–H groups in total. The van der Waals surface area contributed by atoms with Crippen LogP contribution in [0.5, 0.6) is 0 Å². The van der Waals surface area contributed by atoms with E-state index in [1.807, 2.05) is 11.9 Å². The fourth-order valence-electron chi connectivity index (χ4n) is 3.00. The van der Waals surface area contributed by atoms with Crippen LogP contribution in [-0.4, -0.2) is 37.0 Å². The lowest BCUT2D eigenvalue weighted by atomic mass is 10.0. The van der Waals surface area contributed by atoms with Crippen molar-refractivity contribution in [3.05, 3.63) is 29.0 Å². The SMILES string of the molecule is CN(CC(=O)Nc1ccc(F)cc1Cl)C1CCCC1CN. The highest BCUT2D eigenvalue weighted by molar-refractivity contribution is 6.33. The largest absolute Gasteiger partial charge is 0.330 e. The molecule has 0 heterocycles. The molecule has 116 valence electrons. The average molecular weight is 314 g/mol. The highest BCUT2D eigenvalue weighted by Gasteiger charge is 2.30. The lowest BCUT2D eigenvalue weighted by Gasteiger charge is -2.28. The van der Waals surface area contributed by atoms with Crippen LogP contribution in [0.4, 0.5) is 10.1 Å². The first-order chi connectivity index (χ1) is 10.0. The molecule has 1 aliphatic carbocycles. The van der Waals surface area contributed by atoms with Crippen molar-refractivity contribution in [2.24, 2.45) is 11.7 Å². The fraction of sp³-hybridized carbons (Fsp3) is 0.533. The molecule has 0 radical (unpaired) electrons. The molecule has 1 aromatic carbocycles. The number of carbonyl (C=O) groups excluding carboxylic acids is 1. The van der Waals surface area contributed by atoms with E-state index >= 15 is 0 Å². The molecular weight excluding hydrogens is 293 g/mol. The lowest BCUT2D eigenvalue weighted by molar-refractivity contribution is -0.117. The van der Waals surface area contributed by atoms with E-state index in [0.29, 0.717) is 24.2 Å². The van der Waals surface area contributed by atoms with Gasteiger partial charge in [-0.05, 0) is 50.6 Å². The molecule has 0 bridgehead atoms. The van der Waals surface area contributed by atoms with Gasteiger partial charge in [-0.15, -0.1) is 0 Å². The lowest BCUT2D eigenvalue weighted by Crippen LogP contribution is -2.41. The minimum atomic E-state index is -0.424. The van der Waals surface area contributed by atoms with Crippen LogP contribution in [0.25, 0.3) is 0 Å². The molecule has 6 heteroatoms. The van der Waals surface area contributed by atoms with Gasteiger partial charge in [0.2, 0.25) is 5.91 Å². The maximum absolute atomic E-state index is 13.0. The maximum atomic E-state index is 13.0. The molecule has 1 fully saturated rings. The van der Waals surface area contributed by atoms with Crippen molar-refractivity contribution in [2.45, 2.75) is 25.3 Å². The van der Waals surface area contributed by atoms with Crippen molar-refractivity contribution in [2.75, 3.05) is 25.5 Å². The Labute approximate surface area is 129 Å². The summed E-state index contributed by atoms with van der Waals surface area (Å²) < 4.78 is 13.0. The van der Waals surface area contributed by atoms with E-state index in [1.165, 1.54) is 18.2 Å². The topological polar surface area (TPSA) is 58.4 Å². The zero-order valence-electron chi connectivity index (χ0n) is 12.1. The highest BCUT2D eigenvalue weighted by atomic mass is 35.5. The molecule has 21 heavy (non-hydrogen) atoms. The third kappa shape index (κ3) is 4.15. The number of halogens is 2. The van der Waals surface area contributed by atoms with Gasteiger partial charge in [-0.25, -0.2) is 4.39 Å². The molecular formula is C15H21ClFN3O. The molecule has 4 nitrogen and oxygen atoms in total. The van der Waals surface area contributed by atoms with Crippen LogP contribution >= 0.6 is 11.6 Å². The van der Waals surface area contributed by atoms with E-state index in [1.54, 1.807) is 0 Å². The number of anilines is 1. The van der Waals surface area contributed by atoms with Crippen LogP contribution < -0.4 is 11.1 Å². The van der Waals surface area contributed by atoms with Gasteiger partial charge in [0.15, 0.2) is 0 Å². The zero-order valence-corrected chi connectivity index (χ0v) is 12.9. The van der Waals surface area contributed by atoms with E-state index in [4.69, 9.17) is 17.3 Å². The standard InChI is InChI=1S/C15H21ClFN3O/c1-20(14-4-2-3-10(14)8-18)9-15(21)19-13-6-5-11(17)7-12(13)16/h5-7,10,14H,2-4,8-9,18H2,1H3,(H,19,21). The summed E-state index contributed by atoms with van der Waals surface area (Å²) in [6.07, 6.45) is 3.35. The molecule has 0 aliphatic heterocycles. The van der Waals surface area contributed by atoms with Crippen LogP contribution in [0.3, 0.4) is 0 Å². The first-order valence-electron chi connectivity index (χ1n) is 7.16. The van der Waals surface area contributed by atoms with Gasteiger partial charge in [0.25, 0.3) is 0 Å². The summed E-state index contributed by atoms with van der Waals surface area (Å²) in [6.45, 7) is 0.926. The van der Waals surface area contributed by atoms with Gasteiger partial charge < -0.3 is 11.1 Å². The molecule has 0 saturated heterocycles. The van der Waals surface area contributed by atoms with Crippen molar-refractivity contribution in [3.8, 4) is 0 Å². The Kier molecular flexibility index (Phi) is 5.56. The number of nitrogens with two attached hydrogens (primary N) is 1. The number of amides is 1. The Morgan fingerprint density at radius 3 is 2.95 bits per heavy atom. The number of hydrogen-bond acceptors (Lipinski definition) is 3. The van der Waals surface area contributed by atoms with Crippen LogP contribution in [0.2, 0.25) is 5.02 Å². The van der Waals surface area contributed by atoms with Crippen molar-refractivity contribution >= 4 is 23.2 Å². The monoisotopic (exact) mass is 313 g/mol. The molecule has 0 aromatic heterocycles. The van der Waals surface area contributed by atoms with E-state index < -0.39 is 5.82 Å². The molecule has 2 atom stereocenters. The molecule has 0 spiro atoms. The van der Waals surface area contributed by atoms with Gasteiger partial charge >= 0.3 is 0 Å². The smallest absolute Gasteiger partial charge is 0.238 e. The Morgan fingerprint density at radius 2 is 2.29 bits per heavy atom. The summed E-state index contributed by atoms with van der Waals surface area (Å²) in [4.78, 5) is 14.1. The quantitative estimate of drug-likeness (QED) is 0.878. The van der Waals surface area contributed by atoms with Crippen LogP contribution in [-0.2, 0) is 4.79 Å². The number of carbonyl (C=O) groups is 1. The second kappa shape index (κ2) is 7.20. The van der Waals surface area contributed by atoms with Crippen LogP contribution in [0.1, 0.15) is 19.3 Å². The van der Waals surface area contributed by atoms with E-state index in [-0.39, 0.29) is 17.5 Å². The van der Waals surface area contributed by atoms with E-state index in [2.05, 4.69) is 5.32 Å². The van der Waals surface area contributed by atoms with Gasteiger partial charge in [0, 0.05) is 6.04 Å². The minimum absolute atomic E-state index is 0.159. The summed E-state index contributed by atoms with van der Waals surface area (Å²) in [5.74, 6) is -0.127. The minimum Gasteiger partial charge on any atom is -0.330 e. The predicted octanol–water partition coefficient (Wildman–Crippen LogP) is 2.48. The van der Waals surface area contributed by atoms with Crippen LogP contribution in [0, 0.1) is 11.7 Å². The molecule has 1 saturated carbocycles. The van der Waals surface area contributed by atoms with Crippen molar-refractivity contribution in [1.82, 2.24) is 4.90 Å². The summed E-state index contributed by atoms with van der Waals surface area (Å²) in [6, 6.07) is 4.27. The van der Waals surface area contributed by atoms with Crippen LogP contribution in [0.15, 0.2) is 18.2 Å². The fourth-order valence-corrected chi connectivity index (χ4v) is 3.21. The summed E-state index contributed by atoms with van der Waals surface area (Å²) in [7, 11) is 1.94. The highest BCUT2D eigenvalue weighted by Crippen LogP contribution is 2.28. The Hall–Kier alpha value is -1.17. The van der Waals surface area contributed by atoms with E-state index in [0.717, 1.165) is 19.3 Å². The number of nitrogens with zero attached hydrogens (tertiary/aromatic N) is 1. The van der Waals surface area contributed by atoms with Gasteiger partial charge in [-0.2, -0.15) is 0 Å². The maximum Gasteiger partial charge on any atom is 0.238 e. The molecule has 1 aliphatic rings. The number of likely N-dealkylation sites (N-methyl/N-ethyl adjacent to an activating group) is 1. The second-order valence-electron chi connectivity index (χ2n) is 5.58. The summed E-state index contributed by atoms with van der Waals surface area (Å²) in [5.41, 5.74) is 6.20. The average Bonchev–Trinajstić information content (AvgIpc) is 2.90. The number of benzene rings is 1. The number of hydrogen-bond donors (Lipinski definition) is 2. The van der Waals surface area contributed by atoms with Crippen molar-refractivity contribution in [1.29, 1.82) is 0 Å². The second-order valence-corrected chi connectivity index (χ2v) is 5.99. The third-order valence-electron chi connectivity index (χ3n) is 4.09. The van der Waals surface area contributed by atoms with Gasteiger partial charge in [-0.1, -0.05) is 18.0 Å². The first-order valence-corrected chi connectivity index (χ1v) is 7.54. The third-order valence-corrected chi connectivity index (χ3v) is 4.40. The van der Waals surface area contributed by atoms with Gasteiger partial charge in [-0.3, -0.25) is 9.69 Å². The molecule has 2 rings (SSSR count). The Balaban J connectivity index is 1.92. The molecule has 1 amide bonds. The number of rotatable bonds is 5. The predicted molar refractivity (Wildman–Crippen MR) is 82.9 cm³/mol. The van der Waals surface area contributed by atoms with E-state index in [9.17, 15) is 9.18 Å². The van der Waals surface area contributed by atoms with Crippen molar-refractivity contribution < 1.29 is 9.18 Å². The zero-order chi connectivity index (χ0) is 15.4. The van der Waals surface area contributed by atoms with Crippen molar-refractivity contribution in [3.63, 3.8) is 0 Å². The Morgan fingerprint density at radius 1 is 1.52 bits per heavy atom. The first kappa shape index (κ1) is 16.2. The Bertz CT molecular complexity index is 512.